The Morgan fingerprint density at radius 1 is 1.35 bits per heavy atom. The monoisotopic (exact) mass is 339 g/mol. The van der Waals surface area contributed by atoms with Crippen LogP contribution in [0.3, 0.4) is 0 Å². The molecule has 1 aromatic heterocycles. The first-order chi connectivity index (χ1) is 9.60. The zero-order valence-electron chi connectivity index (χ0n) is 12.8. The van der Waals surface area contributed by atoms with Crippen LogP contribution in [-0.4, -0.2) is 24.6 Å². The number of aromatic nitrogens is 1. The quantitative estimate of drug-likeness (QED) is 0.826. The van der Waals surface area contributed by atoms with E-state index in [1.165, 1.54) is 12.0 Å². The predicted molar refractivity (Wildman–Crippen MR) is 89.1 cm³/mol. The molecule has 1 aliphatic heterocycles. The Morgan fingerprint density at radius 2 is 2.05 bits per heavy atom. The van der Waals surface area contributed by atoms with E-state index in [4.69, 9.17) is 0 Å². The van der Waals surface area contributed by atoms with Gasteiger partial charge in [0.15, 0.2) is 0 Å². The van der Waals surface area contributed by atoms with Crippen LogP contribution in [0.25, 0.3) is 0 Å². The van der Waals surface area contributed by atoms with Crippen LogP contribution in [0, 0.1) is 11.8 Å². The van der Waals surface area contributed by atoms with Crippen LogP contribution in [-0.2, 0) is 6.54 Å². The van der Waals surface area contributed by atoms with E-state index >= 15 is 0 Å². The fraction of sp³-hybridized carbons (Fsp3) is 0.688. The fourth-order valence-corrected chi connectivity index (χ4v) is 3.50. The average molecular weight is 340 g/mol. The maximum atomic E-state index is 4.69. The molecule has 2 unspecified atom stereocenters. The van der Waals surface area contributed by atoms with Crippen molar-refractivity contribution >= 4 is 21.7 Å². The SMILES string of the molecule is CCCNCc1cc(Br)cnc1N1CC(C)CC(C)C1. The zero-order valence-corrected chi connectivity index (χ0v) is 14.4. The molecule has 112 valence electrons. The summed E-state index contributed by atoms with van der Waals surface area (Å²) in [6, 6.07) is 2.20. The molecule has 4 heteroatoms. The van der Waals surface area contributed by atoms with Crippen LogP contribution in [0.1, 0.15) is 39.2 Å². The van der Waals surface area contributed by atoms with Gasteiger partial charge in [0.2, 0.25) is 0 Å². The smallest absolute Gasteiger partial charge is 0.133 e. The second-order valence-corrected chi connectivity index (χ2v) is 7.08. The molecular weight excluding hydrogens is 314 g/mol. The van der Waals surface area contributed by atoms with Crippen molar-refractivity contribution in [2.45, 2.75) is 40.2 Å². The van der Waals surface area contributed by atoms with Crippen molar-refractivity contribution < 1.29 is 0 Å². The number of nitrogens with zero attached hydrogens (tertiary/aromatic N) is 2. The minimum atomic E-state index is 0.751. The van der Waals surface area contributed by atoms with Gasteiger partial charge in [0.1, 0.15) is 5.82 Å². The van der Waals surface area contributed by atoms with Crippen molar-refractivity contribution in [3.05, 3.63) is 22.3 Å². The van der Waals surface area contributed by atoms with Crippen LogP contribution in [0.15, 0.2) is 16.7 Å². The van der Waals surface area contributed by atoms with E-state index in [-0.39, 0.29) is 0 Å². The highest BCUT2D eigenvalue weighted by molar-refractivity contribution is 9.10. The lowest BCUT2D eigenvalue weighted by Gasteiger charge is -2.36. The largest absolute Gasteiger partial charge is 0.356 e. The van der Waals surface area contributed by atoms with Gasteiger partial charge in [-0.15, -0.1) is 0 Å². The molecule has 2 rings (SSSR count). The van der Waals surface area contributed by atoms with Crippen molar-refractivity contribution in [2.75, 3.05) is 24.5 Å². The molecule has 0 bridgehead atoms. The van der Waals surface area contributed by atoms with Gasteiger partial charge in [-0.3, -0.25) is 0 Å². The van der Waals surface area contributed by atoms with Crippen LogP contribution < -0.4 is 10.2 Å². The van der Waals surface area contributed by atoms with Crippen molar-refractivity contribution in [2.24, 2.45) is 11.8 Å². The molecule has 1 saturated heterocycles. The number of piperidine rings is 1. The van der Waals surface area contributed by atoms with Gasteiger partial charge < -0.3 is 10.2 Å². The first-order valence-electron chi connectivity index (χ1n) is 7.70. The van der Waals surface area contributed by atoms with Crippen molar-refractivity contribution in [1.82, 2.24) is 10.3 Å². The Kier molecular flexibility index (Phi) is 5.85. The number of pyridine rings is 1. The summed E-state index contributed by atoms with van der Waals surface area (Å²) in [5, 5.41) is 3.49. The molecule has 1 aliphatic rings. The van der Waals surface area contributed by atoms with Crippen LogP contribution in [0.4, 0.5) is 5.82 Å². The summed E-state index contributed by atoms with van der Waals surface area (Å²) in [7, 11) is 0. The second-order valence-electron chi connectivity index (χ2n) is 6.16. The normalized spacial score (nSPS) is 23.1. The van der Waals surface area contributed by atoms with E-state index in [0.717, 1.165) is 54.7 Å². The lowest BCUT2D eigenvalue weighted by Crippen LogP contribution is -2.40. The van der Waals surface area contributed by atoms with E-state index in [0.29, 0.717) is 0 Å². The van der Waals surface area contributed by atoms with E-state index < -0.39 is 0 Å². The molecular formula is C16H26BrN3. The number of halogens is 1. The molecule has 0 amide bonds. The highest BCUT2D eigenvalue weighted by atomic mass is 79.9. The minimum Gasteiger partial charge on any atom is -0.356 e. The van der Waals surface area contributed by atoms with Crippen LogP contribution >= 0.6 is 15.9 Å². The summed E-state index contributed by atoms with van der Waals surface area (Å²) in [6.07, 6.45) is 4.41. The van der Waals surface area contributed by atoms with E-state index in [1.54, 1.807) is 0 Å². The molecule has 3 nitrogen and oxygen atoms in total. The highest BCUT2D eigenvalue weighted by Gasteiger charge is 2.24. The van der Waals surface area contributed by atoms with Gasteiger partial charge in [0.05, 0.1) is 0 Å². The van der Waals surface area contributed by atoms with Crippen molar-refractivity contribution in [1.29, 1.82) is 0 Å². The molecule has 20 heavy (non-hydrogen) atoms. The lowest BCUT2D eigenvalue weighted by atomic mass is 9.91. The minimum absolute atomic E-state index is 0.751. The third-order valence-corrected chi connectivity index (χ3v) is 4.25. The molecule has 1 fully saturated rings. The molecule has 2 heterocycles. The lowest BCUT2D eigenvalue weighted by molar-refractivity contribution is 0.354. The van der Waals surface area contributed by atoms with Gasteiger partial charge in [0.25, 0.3) is 0 Å². The number of hydrogen-bond donors (Lipinski definition) is 1. The van der Waals surface area contributed by atoms with Gasteiger partial charge in [-0.2, -0.15) is 0 Å². The fourth-order valence-electron chi connectivity index (χ4n) is 3.12. The highest BCUT2D eigenvalue weighted by Crippen LogP contribution is 2.28. The first kappa shape index (κ1) is 15.8. The summed E-state index contributed by atoms with van der Waals surface area (Å²) < 4.78 is 1.06. The maximum absolute atomic E-state index is 4.69. The van der Waals surface area contributed by atoms with Crippen LogP contribution in [0.2, 0.25) is 0 Å². The molecule has 0 radical (unpaired) electrons. The molecule has 0 saturated carbocycles. The third kappa shape index (κ3) is 4.19. The summed E-state index contributed by atoms with van der Waals surface area (Å²) in [4.78, 5) is 7.16. The summed E-state index contributed by atoms with van der Waals surface area (Å²) in [5.74, 6) is 2.66. The Hall–Kier alpha value is -0.610. The topological polar surface area (TPSA) is 28.2 Å². The standard InChI is InChI=1S/C16H26BrN3/c1-4-5-18-8-14-7-15(17)9-19-16(14)20-10-12(2)6-13(3)11-20/h7,9,12-13,18H,4-6,8,10-11H2,1-3H3. The number of anilines is 1. The van der Waals surface area contributed by atoms with Crippen LogP contribution in [0.5, 0.6) is 0 Å². The zero-order chi connectivity index (χ0) is 14.5. The Morgan fingerprint density at radius 3 is 2.70 bits per heavy atom. The molecule has 0 aliphatic carbocycles. The first-order valence-corrected chi connectivity index (χ1v) is 8.49. The summed E-state index contributed by atoms with van der Waals surface area (Å²) >= 11 is 3.54. The van der Waals surface area contributed by atoms with Crippen molar-refractivity contribution in [3.63, 3.8) is 0 Å². The molecule has 1 N–H and O–H groups in total. The number of hydrogen-bond acceptors (Lipinski definition) is 3. The average Bonchev–Trinajstić information content (AvgIpc) is 2.38. The molecule has 2 atom stereocenters. The molecule has 0 aromatic carbocycles. The predicted octanol–water partition coefficient (Wildman–Crippen LogP) is 3.83. The Labute approximate surface area is 131 Å². The second kappa shape index (κ2) is 7.41. The molecule has 1 aromatic rings. The Balaban J connectivity index is 2.16. The van der Waals surface area contributed by atoms with Gasteiger partial charge in [-0.1, -0.05) is 20.8 Å². The van der Waals surface area contributed by atoms with E-state index in [1.807, 2.05) is 6.20 Å². The van der Waals surface area contributed by atoms with Gasteiger partial charge in [-0.25, -0.2) is 4.98 Å². The van der Waals surface area contributed by atoms with E-state index in [9.17, 15) is 0 Å². The van der Waals surface area contributed by atoms with E-state index in [2.05, 4.69) is 58.0 Å². The maximum Gasteiger partial charge on any atom is 0.133 e. The number of nitrogens with one attached hydrogen (secondary N) is 1. The number of rotatable bonds is 5. The summed E-state index contributed by atoms with van der Waals surface area (Å²) in [5.41, 5.74) is 1.30. The van der Waals surface area contributed by atoms with Gasteiger partial charge in [-0.05, 0) is 53.2 Å². The van der Waals surface area contributed by atoms with Gasteiger partial charge in [0, 0.05) is 35.9 Å². The molecule has 0 spiro atoms. The Bertz CT molecular complexity index is 426. The summed E-state index contributed by atoms with van der Waals surface area (Å²) in [6.45, 7) is 11.1. The third-order valence-electron chi connectivity index (χ3n) is 3.82. The van der Waals surface area contributed by atoms with Crippen molar-refractivity contribution in [3.8, 4) is 0 Å². The van der Waals surface area contributed by atoms with Gasteiger partial charge >= 0.3 is 0 Å².